The lowest BCUT2D eigenvalue weighted by molar-refractivity contribution is -0.143. The molecule has 0 saturated carbocycles. The molecule has 0 radical (unpaired) electrons. The number of methoxy groups -OCH3 is 1. The van der Waals surface area contributed by atoms with E-state index in [-0.39, 0.29) is 5.97 Å². The van der Waals surface area contributed by atoms with Gasteiger partial charge in [-0.15, -0.1) is 0 Å². The van der Waals surface area contributed by atoms with Crippen LogP contribution in [0.15, 0.2) is 18.2 Å². The molecule has 5 heteroatoms. The Balaban J connectivity index is 2.39. The predicted octanol–water partition coefficient (Wildman–Crippen LogP) is 2.00. The summed E-state index contributed by atoms with van der Waals surface area (Å²) in [5.41, 5.74) is 6.27. The molecule has 0 atom stereocenters. The Morgan fingerprint density at radius 1 is 1.33 bits per heavy atom. The summed E-state index contributed by atoms with van der Waals surface area (Å²) < 4.78 is 15.5. The van der Waals surface area contributed by atoms with E-state index in [1.54, 1.807) is 32.2 Å². The molecular formula is C13H19NO4. The second-order valence-corrected chi connectivity index (χ2v) is 3.67. The molecule has 0 fully saturated rings. The van der Waals surface area contributed by atoms with E-state index in [4.69, 9.17) is 19.9 Å². The van der Waals surface area contributed by atoms with Crippen molar-refractivity contribution in [1.29, 1.82) is 0 Å². The fourth-order valence-corrected chi connectivity index (χ4v) is 1.44. The standard InChI is InChI=1S/C13H19NO4/c1-3-17-13(15)5-4-8-18-12-9-10(14)6-7-11(12)16-2/h6-7,9H,3-5,8,14H2,1-2H3. The Hall–Kier alpha value is -1.91. The first kappa shape index (κ1) is 14.2. The van der Waals surface area contributed by atoms with Crippen molar-refractivity contribution in [2.45, 2.75) is 19.8 Å². The minimum Gasteiger partial charge on any atom is -0.493 e. The van der Waals surface area contributed by atoms with Gasteiger partial charge in [0, 0.05) is 18.2 Å². The van der Waals surface area contributed by atoms with Gasteiger partial charge in [-0.2, -0.15) is 0 Å². The van der Waals surface area contributed by atoms with Gasteiger partial charge in [0.2, 0.25) is 0 Å². The van der Waals surface area contributed by atoms with Gasteiger partial charge >= 0.3 is 5.97 Å². The van der Waals surface area contributed by atoms with Gasteiger partial charge in [-0.3, -0.25) is 4.79 Å². The van der Waals surface area contributed by atoms with Crippen molar-refractivity contribution in [2.75, 3.05) is 26.1 Å². The molecule has 0 aliphatic rings. The van der Waals surface area contributed by atoms with Gasteiger partial charge in [0.05, 0.1) is 20.3 Å². The van der Waals surface area contributed by atoms with E-state index in [1.807, 2.05) is 0 Å². The fourth-order valence-electron chi connectivity index (χ4n) is 1.44. The summed E-state index contributed by atoms with van der Waals surface area (Å²) in [7, 11) is 1.57. The van der Waals surface area contributed by atoms with Crippen molar-refractivity contribution < 1.29 is 19.0 Å². The van der Waals surface area contributed by atoms with Crippen LogP contribution in [0.1, 0.15) is 19.8 Å². The number of benzene rings is 1. The maximum absolute atomic E-state index is 11.1. The number of nitrogens with two attached hydrogens (primary N) is 1. The van der Waals surface area contributed by atoms with Crippen LogP contribution in [0.5, 0.6) is 11.5 Å². The Kier molecular flexibility index (Phi) is 5.84. The molecule has 0 amide bonds. The van der Waals surface area contributed by atoms with E-state index in [0.29, 0.717) is 43.2 Å². The molecule has 18 heavy (non-hydrogen) atoms. The zero-order valence-electron chi connectivity index (χ0n) is 10.8. The SMILES string of the molecule is CCOC(=O)CCCOc1cc(N)ccc1OC. The first-order chi connectivity index (χ1) is 8.67. The van der Waals surface area contributed by atoms with Gasteiger partial charge in [-0.05, 0) is 25.5 Å². The summed E-state index contributed by atoms with van der Waals surface area (Å²) in [6.07, 6.45) is 0.940. The molecule has 0 heterocycles. The highest BCUT2D eigenvalue weighted by Gasteiger charge is 2.06. The average molecular weight is 253 g/mol. The van der Waals surface area contributed by atoms with Crippen LogP contribution in [-0.4, -0.2) is 26.3 Å². The van der Waals surface area contributed by atoms with Crippen molar-refractivity contribution in [1.82, 2.24) is 0 Å². The van der Waals surface area contributed by atoms with Gasteiger partial charge < -0.3 is 19.9 Å². The zero-order valence-corrected chi connectivity index (χ0v) is 10.8. The minimum absolute atomic E-state index is 0.208. The molecule has 0 saturated heterocycles. The first-order valence-electron chi connectivity index (χ1n) is 5.89. The van der Waals surface area contributed by atoms with Gasteiger partial charge in [-0.25, -0.2) is 0 Å². The van der Waals surface area contributed by atoms with Crippen LogP contribution in [0.4, 0.5) is 5.69 Å². The number of hydrogen-bond donors (Lipinski definition) is 1. The summed E-state index contributed by atoms with van der Waals surface area (Å²) in [6, 6.07) is 5.18. The van der Waals surface area contributed by atoms with Crippen LogP contribution in [0.2, 0.25) is 0 Å². The van der Waals surface area contributed by atoms with Gasteiger partial charge in [0.15, 0.2) is 11.5 Å². The van der Waals surface area contributed by atoms with Crippen LogP contribution >= 0.6 is 0 Å². The number of carbonyl (C=O) groups excluding carboxylic acids is 1. The van der Waals surface area contributed by atoms with E-state index < -0.39 is 0 Å². The van der Waals surface area contributed by atoms with Crippen LogP contribution in [-0.2, 0) is 9.53 Å². The van der Waals surface area contributed by atoms with Crippen molar-refractivity contribution in [3.8, 4) is 11.5 Å². The smallest absolute Gasteiger partial charge is 0.305 e. The number of nitrogen functional groups attached to an aromatic ring is 1. The summed E-state index contributed by atoms with van der Waals surface area (Å²) in [4.78, 5) is 11.1. The molecule has 0 spiro atoms. The molecule has 0 aliphatic carbocycles. The second kappa shape index (κ2) is 7.42. The zero-order chi connectivity index (χ0) is 13.4. The Labute approximate surface area is 107 Å². The van der Waals surface area contributed by atoms with Crippen LogP contribution in [0, 0.1) is 0 Å². The van der Waals surface area contributed by atoms with Crippen molar-refractivity contribution in [2.24, 2.45) is 0 Å². The lowest BCUT2D eigenvalue weighted by Gasteiger charge is -2.11. The van der Waals surface area contributed by atoms with Gasteiger partial charge in [0.1, 0.15) is 0 Å². The Morgan fingerprint density at radius 3 is 2.78 bits per heavy atom. The quantitative estimate of drug-likeness (QED) is 0.457. The maximum Gasteiger partial charge on any atom is 0.305 e. The van der Waals surface area contributed by atoms with E-state index in [9.17, 15) is 4.79 Å². The van der Waals surface area contributed by atoms with E-state index in [1.165, 1.54) is 0 Å². The third kappa shape index (κ3) is 4.53. The molecule has 1 rings (SSSR count). The number of carbonyl (C=O) groups is 1. The number of rotatable bonds is 7. The number of esters is 1. The summed E-state index contributed by atoms with van der Waals surface area (Å²) in [5, 5.41) is 0. The average Bonchev–Trinajstić information content (AvgIpc) is 2.35. The van der Waals surface area contributed by atoms with Crippen molar-refractivity contribution in [3.05, 3.63) is 18.2 Å². The van der Waals surface area contributed by atoms with Crippen LogP contribution in [0.25, 0.3) is 0 Å². The van der Waals surface area contributed by atoms with E-state index in [0.717, 1.165) is 0 Å². The third-order valence-electron chi connectivity index (χ3n) is 2.28. The topological polar surface area (TPSA) is 70.8 Å². The summed E-state index contributed by atoms with van der Waals surface area (Å²) in [6.45, 7) is 2.60. The van der Waals surface area contributed by atoms with E-state index in [2.05, 4.69) is 0 Å². The number of ether oxygens (including phenoxy) is 3. The number of anilines is 1. The molecule has 0 bridgehead atoms. The molecule has 0 aromatic heterocycles. The second-order valence-electron chi connectivity index (χ2n) is 3.67. The highest BCUT2D eigenvalue weighted by atomic mass is 16.5. The molecular weight excluding hydrogens is 234 g/mol. The Bertz CT molecular complexity index is 393. The van der Waals surface area contributed by atoms with Crippen molar-refractivity contribution in [3.63, 3.8) is 0 Å². The molecule has 5 nitrogen and oxygen atoms in total. The largest absolute Gasteiger partial charge is 0.493 e. The first-order valence-corrected chi connectivity index (χ1v) is 5.89. The monoisotopic (exact) mass is 253 g/mol. The summed E-state index contributed by atoms with van der Waals surface area (Å²) in [5.74, 6) is 1.00. The molecule has 2 N–H and O–H groups in total. The molecule has 1 aromatic carbocycles. The highest BCUT2D eigenvalue weighted by Crippen LogP contribution is 2.29. The molecule has 0 aliphatic heterocycles. The van der Waals surface area contributed by atoms with Gasteiger partial charge in [-0.1, -0.05) is 0 Å². The normalized spacial score (nSPS) is 9.89. The minimum atomic E-state index is -0.208. The van der Waals surface area contributed by atoms with Gasteiger partial charge in [0.25, 0.3) is 0 Å². The lowest BCUT2D eigenvalue weighted by Crippen LogP contribution is -2.07. The molecule has 1 aromatic rings. The lowest BCUT2D eigenvalue weighted by atomic mass is 10.3. The summed E-state index contributed by atoms with van der Waals surface area (Å²) >= 11 is 0. The van der Waals surface area contributed by atoms with E-state index >= 15 is 0 Å². The maximum atomic E-state index is 11.1. The van der Waals surface area contributed by atoms with Crippen LogP contribution in [0.3, 0.4) is 0 Å². The van der Waals surface area contributed by atoms with Crippen molar-refractivity contribution >= 4 is 11.7 Å². The number of hydrogen-bond acceptors (Lipinski definition) is 5. The molecule has 100 valence electrons. The third-order valence-corrected chi connectivity index (χ3v) is 2.28. The fraction of sp³-hybridized carbons (Fsp3) is 0.462. The highest BCUT2D eigenvalue weighted by molar-refractivity contribution is 5.69. The predicted molar refractivity (Wildman–Crippen MR) is 68.8 cm³/mol. The Morgan fingerprint density at radius 2 is 2.11 bits per heavy atom. The van der Waals surface area contributed by atoms with Crippen LogP contribution < -0.4 is 15.2 Å². The molecule has 0 unspecified atom stereocenters.